The number of rotatable bonds is 5. The van der Waals surface area contributed by atoms with E-state index in [9.17, 15) is 18.1 Å². The van der Waals surface area contributed by atoms with Gasteiger partial charge in [-0.3, -0.25) is 4.90 Å². The van der Waals surface area contributed by atoms with Crippen LogP contribution in [0.1, 0.15) is 0 Å². The third kappa shape index (κ3) is 3.20. The molecule has 0 radical (unpaired) electrons. The van der Waals surface area contributed by atoms with E-state index in [1.165, 1.54) is 41.3 Å². The summed E-state index contributed by atoms with van der Waals surface area (Å²) >= 11 is 0. The fourth-order valence-electron chi connectivity index (χ4n) is 2.25. The molecule has 2 aromatic carbocycles. The van der Waals surface area contributed by atoms with Crippen molar-refractivity contribution in [1.82, 2.24) is 5.32 Å². The Labute approximate surface area is 138 Å². The van der Waals surface area contributed by atoms with Gasteiger partial charge in [0.05, 0.1) is 0 Å². The van der Waals surface area contributed by atoms with Crippen molar-refractivity contribution < 1.29 is 17.4 Å². The van der Waals surface area contributed by atoms with E-state index in [2.05, 4.69) is 10.5 Å². The molecule has 0 atom stereocenters. The monoisotopic (exact) mass is 347 g/mol. The molecule has 1 aliphatic rings. The molecule has 0 spiro atoms. The molecule has 1 fully saturated rings. The van der Waals surface area contributed by atoms with Crippen LogP contribution < -0.4 is 14.4 Å². The molecule has 3 rings (SSSR count). The van der Waals surface area contributed by atoms with Crippen LogP contribution >= 0.6 is 0 Å². The number of nitrogens with one attached hydrogen (secondary N) is 1. The molecular weight excluding hydrogens is 334 g/mol. The first-order valence-electron chi connectivity index (χ1n) is 7.03. The van der Waals surface area contributed by atoms with Gasteiger partial charge < -0.3 is 9.50 Å². The third-order valence-corrected chi connectivity index (χ3v) is 4.70. The second-order valence-electron chi connectivity index (χ2n) is 5.00. The lowest BCUT2D eigenvalue weighted by Gasteiger charge is -2.14. The summed E-state index contributed by atoms with van der Waals surface area (Å²) in [4.78, 5) is 23.4. The molecule has 0 bridgehead atoms. The van der Waals surface area contributed by atoms with Crippen LogP contribution in [0.15, 0.2) is 58.6 Å². The molecule has 24 heavy (non-hydrogen) atoms. The minimum Gasteiger partial charge on any atom is -0.379 e. The van der Waals surface area contributed by atoms with Crippen molar-refractivity contribution in [2.24, 2.45) is 5.18 Å². The first-order valence-corrected chi connectivity index (χ1v) is 8.44. The number of nitrogens with zero attached hydrogens (tertiary/aromatic N) is 2. The Morgan fingerprint density at radius 2 is 1.71 bits per heavy atom. The Bertz CT molecular complexity index is 863. The summed E-state index contributed by atoms with van der Waals surface area (Å²) in [6, 6.07) is 11.0. The molecule has 0 aromatic heterocycles. The smallest absolute Gasteiger partial charge is 0.339 e. The van der Waals surface area contributed by atoms with Crippen molar-refractivity contribution in [1.29, 1.82) is 0 Å². The van der Waals surface area contributed by atoms with Gasteiger partial charge in [-0.2, -0.15) is 8.42 Å². The van der Waals surface area contributed by atoms with Crippen molar-refractivity contribution in [3.05, 3.63) is 53.4 Å². The second-order valence-corrected chi connectivity index (χ2v) is 6.55. The highest BCUT2D eigenvalue weighted by atomic mass is 32.2. The molecule has 124 valence electrons. The highest BCUT2D eigenvalue weighted by molar-refractivity contribution is 7.87. The fourth-order valence-corrected chi connectivity index (χ4v) is 3.18. The normalized spacial score (nSPS) is 14.3. The lowest BCUT2D eigenvalue weighted by molar-refractivity contribution is 0.252. The lowest BCUT2D eigenvalue weighted by Crippen LogP contribution is -2.27. The average molecular weight is 347 g/mol. The van der Waals surface area contributed by atoms with Crippen LogP contribution in [-0.4, -0.2) is 27.5 Å². The van der Waals surface area contributed by atoms with Crippen molar-refractivity contribution in [3.8, 4) is 5.75 Å². The minimum atomic E-state index is -4.01. The molecule has 9 heteroatoms. The number of nitroso groups, excluding NO2 is 1. The molecule has 1 N–H and O–H groups in total. The lowest BCUT2D eigenvalue weighted by atomic mass is 10.3. The summed E-state index contributed by atoms with van der Waals surface area (Å²) in [5.74, 6) is 0.0744. The van der Waals surface area contributed by atoms with Crippen molar-refractivity contribution in [3.63, 3.8) is 0 Å². The maximum absolute atomic E-state index is 12.3. The molecule has 1 heterocycles. The Kier molecular flexibility index (Phi) is 4.17. The fraction of sp³-hybridized carbons (Fsp3) is 0.133. The SMILES string of the molecule is O=Nc1ccc(OS(=O)(=O)c2ccc(N3CCNC3=O)cc2)cc1. The molecule has 1 aliphatic heterocycles. The molecular formula is C15H13N3O5S. The summed E-state index contributed by atoms with van der Waals surface area (Å²) in [6.07, 6.45) is 0. The zero-order valence-corrected chi connectivity index (χ0v) is 13.2. The number of carbonyl (C=O) groups excluding carboxylic acids is 1. The summed E-state index contributed by atoms with van der Waals surface area (Å²) in [5.41, 5.74) is 0.776. The quantitative estimate of drug-likeness (QED) is 0.660. The van der Waals surface area contributed by atoms with Crippen LogP contribution in [0.3, 0.4) is 0 Å². The van der Waals surface area contributed by atoms with Gasteiger partial charge in [0.25, 0.3) is 0 Å². The molecule has 2 amide bonds. The Balaban J connectivity index is 1.78. The summed E-state index contributed by atoms with van der Waals surface area (Å²) in [5, 5.41) is 5.40. The predicted octanol–water partition coefficient (Wildman–Crippen LogP) is 2.38. The summed E-state index contributed by atoms with van der Waals surface area (Å²) in [7, 11) is -4.01. The van der Waals surface area contributed by atoms with Gasteiger partial charge in [0.2, 0.25) is 0 Å². The number of benzene rings is 2. The first-order chi connectivity index (χ1) is 11.5. The van der Waals surface area contributed by atoms with Gasteiger partial charge in [0.1, 0.15) is 16.3 Å². The number of urea groups is 1. The van der Waals surface area contributed by atoms with Crippen LogP contribution in [-0.2, 0) is 10.1 Å². The van der Waals surface area contributed by atoms with Crippen LogP contribution in [0, 0.1) is 4.91 Å². The molecule has 1 saturated heterocycles. The molecule has 0 saturated carbocycles. The number of amides is 2. The van der Waals surface area contributed by atoms with Crippen LogP contribution in [0.5, 0.6) is 5.75 Å². The predicted molar refractivity (Wildman–Crippen MR) is 86.9 cm³/mol. The number of hydrogen-bond acceptors (Lipinski definition) is 6. The van der Waals surface area contributed by atoms with E-state index >= 15 is 0 Å². The topological polar surface area (TPSA) is 105 Å². The standard InChI is InChI=1S/C15H13N3O5S/c19-15-16-9-10-18(15)12-3-7-14(8-4-12)24(21,22)23-13-5-1-11(17-20)2-6-13/h1-8H,9-10H2,(H,16,19). The maximum atomic E-state index is 12.3. The van der Waals surface area contributed by atoms with Crippen LogP contribution in [0.4, 0.5) is 16.2 Å². The molecule has 0 unspecified atom stereocenters. The third-order valence-electron chi connectivity index (χ3n) is 3.44. The van der Waals surface area contributed by atoms with E-state index in [-0.39, 0.29) is 22.4 Å². The van der Waals surface area contributed by atoms with Crippen molar-refractivity contribution >= 4 is 27.5 Å². The first kappa shape index (κ1) is 15.9. The van der Waals surface area contributed by atoms with E-state index in [0.717, 1.165) is 0 Å². The van der Waals surface area contributed by atoms with Crippen LogP contribution in [0.25, 0.3) is 0 Å². The van der Waals surface area contributed by atoms with E-state index in [1.54, 1.807) is 12.1 Å². The molecule has 8 nitrogen and oxygen atoms in total. The minimum absolute atomic E-state index is 0.0385. The Morgan fingerprint density at radius 3 is 2.25 bits per heavy atom. The van der Waals surface area contributed by atoms with Crippen LogP contribution in [0.2, 0.25) is 0 Å². The number of anilines is 1. The highest BCUT2D eigenvalue weighted by Gasteiger charge is 2.22. The van der Waals surface area contributed by atoms with Gasteiger partial charge in [0.15, 0.2) is 0 Å². The van der Waals surface area contributed by atoms with Gasteiger partial charge in [-0.15, -0.1) is 4.91 Å². The van der Waals surface area contributed by atoms with Gasteiger partial charge in [0, 0.05) is 18.8 Å². The van der Waals surface area contributed by atoms with Gasteiger partial charge >= 0.3 is 16.1 Å². The summed E-state index contributed by atoms with van der Waals surface area (Å²) in [6.45, 7) is 1.08. The van der Waals surface area contributed by atoms with Gasteiger partial charge in [-0.05, 0) is 53.7 Å². The molecule has 0 aliphatic carbocycles. The number of hydrogen-bond donors (Lipinski definition) is 1. The second kappa shape index (κ2) is 6.28. The van der Waals surface area contributed by atoms with E-state index < -0.39 is 10.1 Å². The van der Waals surface area contributed by atoms with E-state index in [1.807, 2.05) is 0 Å². The van der Waals surface area contributed by atoms with E-state index in [0.29, 0.717) is 18.8 Å². The zero-order valence-electron chi connectivity index (χ0n) is 12.4. The summed E-state index contributed by atoms with van der Waals surface area (Å²) < 4.78 is 29.5. The largest absolute Gasteiger partial charge is 0.379 e. The zero-order chi connectivity index (χ0) is 17.2. The molecule has 2 aromatic rings. The van der Waals surface area contributed by atoms with Crippen molar-refractivity contribution in [2.45, 2.75) is 4.90 Å². The van der Waals surface area contributed by atoms with E-state index in [4.69, 9.17) is 4.18 Å². The Hall–Kier alpha value is -2.94. The van der Waals surface area contributed by atoms with Crippen molar-refractivity contribution in [2.75, 3.05) is 18.0 Å². The van der Waals surface area contributed by atoms with Gasteiger partial charge in [-0.1, -0.05) is 0 Å². The highest BCUT2D eigenvalue weighted by Crippen LogP contribution is 2.24. The Morgan fingerprint density at radius 1 is 1.04 bits per heavy atom. The number of carbonyl (C=O) groups is 1. The maximum Gasteiger partial charge on any atom is 0.339 e. The average Bonchev–Trinajstić information content (AvgIpc) is 3.01. The van der Waals surface area contributed by atoms with Gasteiger partial charge in [-0.25, -0.2) is 4.79 Å².